The molecule has 1 N–H and O–H groups in total. The molecule has 0 aromatic heterocycles. The Balaban J connectivity index is 2.31. The van der Waals surface area contributed by atoms with E-state index in [2.05, 4.69) is 5.32 Å². The maximum atomic E-state index is 12.7. The fourth-order valence-corrected chi connectivity index (χ4v) is 1.31. The molecule has 1 heterocycles. The highest BCUT2D eigenvalue weighted by molar-refractivity contribution is 5.75. The van der Waals surface area contributed by atoms with E-state index < -0.39 is 17.4 Å². The standard InChI is InChI=1S/C10H17F2NO2/c1-9(2,3)8(14)15-5-7-4-10(11,12)6-13-7/h7,13H,4-6H2,1-3H3/t7-/m1/s1. The minimum Gasteiger partial charge on any atom is -0.464 e. The number of alkyl halides is 2. The normalized spacial score (nSPS) is 25.3. The van der Waals surface area contributed by atoms with Gasteiger partial charge in [0.2, 0.25) is 0 Å². The number of carbonyl (C=O) groups is 1. The van der Waals surface area contributed by atoms with Crippen molar-refractivity contribution in [2.24, 2.45) is 5.41 Å². The second-order valence-corrected chi connectivity index (χ2v) is 4.99. The lowest BCUT2D eigenvalue weighted by atomic mass is 9.97. The number of rotatable bonds is 2. The minimum atomic E-state index is -2.67. The van der Waals surface area contributed by atoms with Crippen molar-refractivity contribution < 1.29 is 18.3 Å². The molecule has 0 spiro atoms. The number of esters is 1. The number of carbonyl (C=O) groups excluding carboxylic acids is 1. The van der Waals surface area contributed by atoms with Crippen molar-refractivity contribution in [1.82, 2.24) is 5.32 Å². The Hall–Kier alpha value is -0.710. The first-order valence-corrected chi connectivity index (χ1v) is 4.99. The van der Waals surface area contributed by atoms with Gasteiger partial charge in [-0.15, -0.1) is 0 Å². The molecule has 1 rings (SSSR count). The number of halogens is 2. The van der Waals surface area contributed by atoms with Gasteiger partial charge in [-0.3, -0.25) is 4.79 Å². The van der Waals surface area contributed by atoms with Crippen LogP contribution in [-0.4, -0.2) is 31.1 Å². The monoisotopic (exact) mass is 221 g/mol. The lowest BCUT2D eigenvalue weighted by Gasteiger charge is -2.18. The van der Waals surface area contributed by atoms with Gasteiger partial charge < -0.3 is 10.1 Å². The molecule has 0 aromatic rings. The summed E-state index contributed by atoms with van der Waals surface area (Å²) in [6, 6.07) is -0.425. The molecule has 0 aliphatic carbocycles. The fourth-order valence-electron chi connectivity index (χ4n) is 1.31. The van der Waals surface area contributed by atoms with Crippen LogP contribution in [0.1, 0.15) is 27.2 Å². The SMILES string of the molecule is CC(C)(C)C(=O)OC[C@H]1CC(F)(F)CN1. The predicted octanol–water partition coefficient (Wildman–Crippen LogP) is 1.57. The quantitative estimate of drug-likeness (QED) is 0.719. The summed E-state index contributed by atoms with van der Waals surface area (Å²) in [5, 5.41) is 2.63. The summed E-state index contributed by atoms with van der Waals surface area (Å²) < 4.78 is 30.4. The summed E-state index contributed by atoms with van der Waals surface area (Å²) >= 11 is 0. The molecule has 1 aliphatic rings. The summed E-state index contributed by atoms with van der Waals surface area (Å²) in [5.74, 6) is -3.03. The Morgan fingerprint density at radius 2 is 2.13 bits per heavy atom. The molecule has 88 valence electrons. The maximum absolute atomic E-state index is 12.7. The topological polar surface area (TPSA) is 38.3 Å². The summed E-state index contributed by atoms with van der Waals surface area (Å²) in [4.78, 5) is 11.3. The molecule has 15 heavy (non-hydrogen) atoms. The number of hydrogen-bond acceptors (Lipinski definition) is 3. The van der Waals surface area contributed by atoms with Gasteiger partial charge in [0.1, 0.15) is 6.61 Å². The molecule has 1 saturated heterocycles. The molecule has 1 aliphatic heterocycles. The zero-order valence-corrected chi connectivity index (χ0v) is 9.27. The van der Waals surface area contributed by atoms with E-state index in [-0.39, 0.29) is 25.5 Å². The highest BCUT2D eigenvalue weighted by Gasteiger charge is 2.39. The van der Waals surface area contributed by atoms with E-state index in [0.29, 0.717) is 0 Å². The summed E-state index contributed by atoms with van der Waals surface area (Å²) in [5.41, 5.74) is -0.582. The molecule has 0 amide bonds. The van der Waals surface area contributed by atoms with Crippen LogP contribution in [0.3, 0.4) is 0 Å². The Morgan fingerprint density at radius 3 is 2.53 bits per heavy atom. The van der Waals surface area contributed by atoms with E-state index in [1.165, 1.54) is 0 Å². The Labute approximate surface area is 88.2 Å². The average Bonchev–Trinajstić information content (AvgIpc) is 2.39. The van der Waals surface area contributed by atoms with E-state index in [1.807, 2.05) is 0 Å². The van der Waals surface area contributed by atoms with Gasteiger partial charge >= 0.3 is 5.97 Å². The molecule has 3 nitrogen and oxygen atoms in total. The molecular formula is C10H17F2NO2. The first kappa shape index (κ1) is 12.4. The van der Waals surface area contributed by atoms with Gasteiger partial charge in [-0.25, -0.2) is 8.78 Å². The van der Waals surface area contributed by atoms with Crippen molar-refractivity contribution >= 4 is 5.97 Å². The van der Waals surface area contributed by atoms with Crippen LogP contribution in [0.2, 0.25) is 0 Å². The van der Waals surface area contributed by atoms with Gasteiger partial charge in [-0.1, -0.05) is 0 Å². The van der Waals surface area contributed by atoms with Crippen LogP contribution in [0.15, 0.2) is 0 Å². The zero-order valence-electron chi connectivity index (χ0n) is 9.27. The highest BCUT2D eigenvalue weighted by Crippen LogP contribution is 2.25. The van der Waals surface area contributed by atoms with Crippen LogP contribution < -0.4 is 5.32 Å². The van der Waals surface area contributed by atoms with Gasteiger partial charge in [0.25, 0.3) is 5.92 Å². The molecule has 0 saturated carbocycles. The van der Waals surface area contributed by atoms with Crippen molar-refractivity contribution in [2.45, 2.75) is 39.2 Å². The third kappa shape index (κ3) is 3.74. The van der Waals surface area contributed by atoms with Crippen molar-refractivity contribution in [3.8, 4) is 0 Å². The van der Waals surface area contributed by atoms with Gasteiger partial charge in [-0.2, -0.15) is 0 Å². The van der Waals surface area contributed by atoms with Crippen molar-refractivity contribution in [3.05, 3.63) is 0 Å². The first-order valence-electron chi connectivity index (χ1n) is 4.99. The third-order valence-corrected chi connectivity index (χ3v) is 2.22. The van der Waals surface area contributed by atoms with Gasteiger partial charge in [0.15, 0.2) is 0 Å². The first-order chi connectivity index (χ1) is 6.71. The third-order valence-electron chi connectivity index (χ3n) is 2.22. The van der Waals surface area contributed by atoms with Crippen LogP contribution >= 0.6 is 0 Å². The smallest absolute Gasteiger partial charge is 0.311 e. The number of hydrogen-bond donors (Lipinski definition) is 1. The Kier molecular flexibility index (Phi) is 3.33. The zero-order chi connectivity index (χ0) is 11.7. The summed E-state index contributed by atoms with van der Waals surface area (Å²) in [7, 11) is 0. The molecule has 0 radical (unpaired) electrons. The van der Waals surface area contributed by atoms with E-state index >= 15 is 0 Å². The van der Waals surface area contributed by atoms with Gasteiger partial charge in [0.05, 0.1) is 12.0 Å². The second kappa shape index (κ2) is 4.04. The fraction of sp³-hybridized carbons (Fsp3) is 0.900. The number of ether oxygens (including phenoxy) is 1. The second-order valence-electron chi connectivity index (χ2n) is 4.99. The molecular weight excluding hydrogens is 204 g/mol. The molecule has 5 heteroatoms. The van der Waals surface area contributed by atoms with Crippen LogP contribution in [0.5, 0.6) is 0 Å². The van der Waals surface area contributed by atoms with E-state index in [1.54, 1.807) is 20.8 Å². The lowest BCUT2D eigenvalue weighted by molar-refractivity contribution is -0.153. The molecule has 1 fully saturated rings. The van der Waals surface area contributed by atoms with E-state index in [4.69, 9.17) is 4.74 Å². The summed E-state index contributed by atoms with van der Waals surface area (Å²) in [6.45, 7) is 4.88. The Bertz CT molecular complexity index is 248. The van der Waals surface area contributed by atoms with Crippen LogP contribution in [0, 0.1) is 5.41 Å². The van der Waals surface area contributed by atoms with E-state index in [0.717, 1.165) is 0 Å². The van der Waals surface area contributed by atoms with Crippen molar-refractivity contribution in [1.29, 1.82) is 0 Å². The van der Waals surface area contributed by atoms with Crippen LogP contribution in [0.4, 0.5) is 8.78 Å². The minimum absolute atomic E-state index is 0.0195. The lowest BCUT2D eigenvalue weighted by Crippen LogP contribution is -2.31. The largest absolute Gasteiger partial charge is 0.464 e. The predicted molar refractivity (Wildman–Crippen MR) is 51.8 cm³/mol. The van der Waals surface area contributed by atoms with Crippen molar-refractivity contribution in [2.75, 3.05) is 13.2 Å². The van der Waals surface area contributed by atoms with E-state index in [9.17, 15) is 13.6 Å². The molecule has 0 bridgehead atoms. The number of nitrogens with one attached hydrogen (secondary N) is 1. The molecule has 0 aromatic carbocycles. The highest BCUT2D eigenvalue weighted by atomic mass is 19.3. The van der Waals surface area contributed by atoms with Crippen LogP contribution in [-0.2, 0) is 9.53 Å². The maximum Gasteiger partial charge on any atom is 0.311 e. The average molecular weight is 221 g/mol. The van der Waals surface area contributed by atoms with Crippen molar-refractivity contribution in [3.63, 3.8) is 0 Å². The summed E-state index contributed by atoms with van der Waals surface area (Å²) in [6.07, 6.45) is -0.260. The molecule has 0 unspecified atom stereocenters. The Morgan fingerprint density at radius 1 is 1.53 bits per heavy atom. The molecule has 1 atom stereocenters. The van der Waals surface area contributed by atoms with Gasteiger partial charge in [-0.05, 0) is 20.8 Å². The van der Waals surface area contributed by atoms with Crippen LogP contribution in [0.25, 0.3) is 0 Å². The van der Waals surface area contributed by atoms with Gasteiger partial charge in [0, 0.05) is 12.5 Å².